The number of aliphatic imine (C=N–C) groups is 1. The minimum absolute atomic E-state index is 0.0125. The maximum atomic E-state index is 13.1. The van der Waals surface area contributed by atoms with Crippen LogP contribution in [0, 0.1) is 5.82 Å². The van der Waals surface area contributed by atoms with Crippen molar-refractivity contribution in [2.45, 2.75) is 0 Å². The normalized spacial score (nSPS) is 11.1. The molecular weight excluding hydrogens is 308 g/mol. The molecule has 2 aromatic rings. The SMILES string of the molecule is [B]c1cc(N=C(NO)c2nonc2OCCNC=O)ccc1F. The van der Waals surface area contributed by atoms with Crippen molar-refractivity contribution in [2.24, 2.45) is 4.99 Å². The van der Waals surface area contributed by atoms with E-state index in [1.165, 1.54) is 12.1 Å². The predicted molar refractivity (Wildman–Crippen MR) is 76.8 cm³/mol. The van der Waals surface area contributed by atoms with E-state index in [2.05, 4.69) is 25.3 Å². The Bertz CT molecular complexity index is 709. The van der Waals surface area contributed by atoms with Crippen LogP contribution >= 0.6 is 0 Å². The summed E-state index contributed by atoms with van der Waals surface area (Å²) in [4.78, 5) is 14.2. The summed E-state index contributed by atoms with van der Waals surface area (Å²) in [6, 6.07) is 3.76. The molecule has 1 aromatic carbocycles. The van der Waals surface area contributed by atoms with E-state index < -0.39 is 5.82 Å². The van der Waals surface area contributed by atoms with Crippen molar-refractivity contribution in [1.82, 2.24) is 21.1 Å². The van der Waals surface area contributed by atoms with Gasteiger partial charge in [0, 0.05) is 0 Å². The van der Waals surface area contributed by atoms with Crippen LogP contribution in [-0.4, -0.2) is 48.8 Å². The molecule has 0 aliphatic rings. The summed E-state index contributed by atoms with van der Waals surface area (Å²) >= 11 is 0. The van der Waals surface area contributed by atoms with Crippen molar-refractivity contribution in [3.8, 4) is 5.88 Å². The maximum Gasteiger partial charge on any atom is 0.287 e. The number of carbonyl (C=O) groups is 1. The zero-order valence-corrected chi connectivity index (χ0v) is 11.7. The smallest absolute Gasteiger partial charge is 0.287 e. The Kier molecular flexibility index (Phi) is 5.64. The standard InChI is InChI=1S/C12H11BFN5O4/c13-8-5-7(1-2-9(8)14)16-11(17-21)10-12(19-23-18-10)22-4-3-15-6-20/h1-2,5-6,21H,3-4H2,(H,15,20)(H,16,17). The van der Waals surface area contributed by atoms with E-state index in [4.69, 9.17) is 12.6 Å². The van der Waals surface area contributed by atoms with Crippen LogP contribution < -0.4 is 21.0 Å². The fraction of sp³-hybridized carbons (Fsp3) is 0.167. The van der Waals surface area contributed by atoms with Gasteiger partial charge in [-0.3, -0.25) is 15.5 Å². The number of hydrogen-bond donors (Lipinski definition) is 3. The molecule has 0 atom stereocenters. The van der Waals surface area contributed by atoms with Crippen LogP contribution in [0.4, 0.5) is 10.1 Å². The van der Waals surface area contributed by atoms with Crippen LogP contribution in [0.5, 0.6) is 5.88 Å². The highest BCUT2D eigenvalue weighted by Gasteiger charge is 2.18. The van der Waals surface area contributed by atoms with E-state index in [-0.39, 0.29) is 41.7 Å². The molecule has 11 heteroatoms. The van der Waals surface area contributed by atoms with Crippen LogP contribution in [0.3, 0.4) is 0 Å². The Morgan fingerprint density at radius 1 is 1.52 bits per heavy atom. The molecule has 9 nitrogen and oxygen atoms in total. The quantitative estimate of drug-likeness (QED) is 0.152. The number of amidine groups is 1. The van der Waals surface area contributed by atoms with Crippen molar-refractivity contribution < 1.29 is 23.8 Å². The number of ether oxygens (including phenoxy) is 1. The van der Waals surface area contributed by atoms with Gasteiger partial charge in [-0.25, -0.2) is 14.0 Å². The molecule has 1 heterocycles. The van der Waals surface area contributed by atoms with Crippen LogP contribution in [-0.2, 0) is 4.79 Å². The van der Waals surface area contributed by atoms with Crippen LogP contribution in [0.25, 0.3) is 0 Å². The van der Waals surface area contributed by atoms with Gasteiger partial charge < -0.3 is 10.1 Å². The summed E-state index contributed by atoms with van der Waals surface area (Å²) in [5.74, 6) is -0.777. The van der Waals surface area contributed by atoms with Gasteiger partial charge >= 0.3 is 0 Å². The largest absolute Gasteiger partial charge is 0.472 e. The number of carbonyl (C=O) groups excluding carboxylic acids is 1. The molecule has 0 aliphatic heterocycles. The molecule has 0 spiro atoms. The molecule has 0 unspecified atom stereocenters. The Hall–Kier alpha value is -2.95. The summed E-state index contributed by atoms with van der Waals surface area (Å²) in [6.45, 7) is 0.339. The van der Waals surface area contributed by atoms with E-state index in [0.29, 0.717) is 6.41 Å². The lowest BCUT2D eigenvalue weighted by atomic mass is 9.95. The van der Waals surface area contributed by atoms with E-state index in [1.807, 2.05) is 5.48 Å². The maximum absolute atomic E-state index is 13.1. The van der Waals surface area contributed by atoms with Crippen molar-refractivity contribution in [3.63, 3.8) is 0 Å². The first-order chi connectivity index (χ1) is 11.2. The molecule has 1 amide bonds. The van der Waals surface area contributed by atoms with Crippen LogP contribution in [0.1, 0.15) is 5.69 Å². The zero-order chi connectivity index (χ0) is 16.7. The highest BCUT2D eigenvalue weighted by molar-refractivity contribution is 6.32. The van der Waals surface area contributed by atoms with Crippen LogP contribution in [0.15, 0.2) is 27.8 Å². The molecule has 0 aliphatic carbocycles. The second-order valence-corrected chi connectivity index (χ2v) is 4.12. The number of halogens is 1. The highest BCUT2D eigenvalue weighted by Crippen LogP contribution is 2.17. The molecule has 23 heavy (non-hydrogen) atoms. The number of hydroxylamine groups is 1. The number of nitrogens with one attached hydrogen (secondary N) is 2. The third-order valence-electron chi connectivity index (χ3n) is 2.58. The number of hydrogen-bond acceptors (Lipinski definition) is 7. The van der Waals surface area contributed by atoms with Crippen molar-refractivity contribution in [1.29, 1.82) is 0 Å². The van der Waals surface area contributed by atoms with Gasteiger partial charge in [0.1, 0.15) is 20.3 Å². The first-order valence-electron chi connectivity index (χ1n) is 6.32. The minimum atomic E-state index is -0.586. The molecule has 0 fully saturated rings. The van der Waals surface area contributed by atoms with Crippen molar-refractivity contribution >= 4 is 31.2 Å². The summed E-state index contributed by atoms with van der Waals surface area (Å²) in [6.07, 6.45) is 0.520. The zero-order valence-electron chi connectivity index (χ0n) is 11.7. The van der Waals surface area contributed by atoms with Gasteiger partial charge in [0.15, 0.2) is 5.84 Å². The molecular formula is C12H11BFN5O4. The van der Waals surface area contributed by atoms with Crippen molar-refractivity contribution in [2.75, 3.05) is 13.2 Å². The first kappa shape index (κ1) is 16.4. The summed E-state index contributed by atoms with van der Waals surface area (Å²) in [5, 5.41) is 18.7. The summed E-state index contributed by atoms with van der Waals surface area (Å²) < 4.78 is 22.9. The predicted octanol–water partition coefficient (Wildman–Crippen LogP) is -0.816. The Morgan fingerprint density at radius 3 is 3.04 bits per heavy atom. The monoisotopic (exact) mass is 319 g/mol. The fourth-order valence-electron chi connectivity index (χ4n) is 1.55. The Morgan fingerprint density at radius 2 is 2.35 bits per heavy atom. The topological polar surface area (TPSA) is 122 Å². The van der Waals surface area contributed by atoms with E-state index in [1.54, 1.807) is 0 Å². The Balaban J connectivity index is 2.20. The average Bonchev–Trinajstić information content (AvgIpc) is 3.01. The van der Waals surface area contributed by atoms with Gasteiger partial charge in [0.25, 0.3) is 5.88 Å². The lowest BCUT2D eigenvalue weighted by Crippen LogP contribution is -2.23. The molecule has 3 N–H and O–H groups in total. The number of rotatable bonds is 7. The minimum Gasteiger partial charge on any atom is -0.472 e. The van der Waals surface area contributed by atoms with E-state index in [9.17, 15) is 14.4 Å². The van der Waals surface area contributed by atoms with Gasteiger partial charge in [0.05, 0.1) is 12.2 Å². The van der Waals surface area contributed by atoms with Gasteiger partial charge in [-0.1, -0.05) is 5.46 Å². The van der Waals surface area contributed by atoms with E-state index in [0.717, 1.165) is 6.07 Å². The molecule has 0 bridgehead atoms. The number of amides is 1. The molecule has 1 aromatic heterocycles. The van der Waals surface area contributed by atoms with Gasteiger partial charge in [-0.15, -0.1) is 0 Å². The summed E-state index contributed by atoms with van der Waals surface area (Å²) in [5.41, 5.74) is 1.98. The van der Waals surface area contributed by atoms with Crippen LogP contribution in [0.2, 0.25) is 0 Å². The number of benzene rings is 1. The van der Waals surface area contributed by atoms with Gasteiger partial charge in [-0.2, -0.15) is 0 Å². The third kappa shape index (κ3) is 4.26. The Labute approximate surface area is 130 Å². The number of nitrogens with zero attached hydrogens (tertiary/aromatic N) is 3. The summed E-state index contributed by atoms with van der Waals surface area (Å²) in [7, 11) is 5.45. The molecule has 0 saturated carbocycles. The van der Waals surface area contributed by atoms with Gasteiger partial charge in [0.2, 0.25) is 12.1 Å². The lowest BCUT2D eigenvalue weighted by molar-refractivity contribution is -0.109. The fourth-order valence-corrected chi connectivity index (χ4v) is 1.55. The second-order valence-electron chi connectivity index (χ2n) is 4.12. The molecule has 118 valence electrons. The average molecular weight is 319 g/mol. The lowest BCUT2D eigenvalue weighted by Gasteiger charge is -2.05. The molecule has 0 saturated heterocycles. The van der Waals surface area contributed by atoms with E-state index >= 15 is 0 Å². The molecule has 2 rings (SSSR count). The first-order valence-corrected chi connectivity index (χ1v) is 6.32. The third-order valence-corrected chi connectivity index (χ3v) is 2.58. The number of aromatic nitrogens is 2. The van der Waals surface area contributed by atoms with Crippen molar-refractivity contribution in [3.05, 3.63) is 29.7 Å². The second kappa shape index (κ2) is 7.89. The van der Waals surface area contributed by atoms with Gasteiger partial charge in [-0.05, 0) is 28.5 Å². The molecule has 2 radical (unpaired) electrons. The highest BCUT2D eigenvalue weighted by atomic mass is 19.1.